The number of carboxylic acid groups (broad SMARTS) is 1. The van der Waals surface area contributed by atoms with Gasteiger partial charge in [-0.3, -0.25) is 9.59 Å². The van der Waals surface area contributed by atoms with E-state index in [9.17, 15) is 19.5 Å². The summed E-state index contributed by atoms with van der Waals surface area (Å²) < 4.78 is 23.0. The molecule has 0 fully saturated rings. The third kappa shape index (κ3) is 67.3. The number of unbranched alkanes of at least 4 members (excludes halogenated alkanes) is 31. The summed E-state index contributed by atoms with van der Waals surface area (Å²) in [5, 5.41) is 9.74. The summed E-state index contributed by atoms with van der Waals surface area (Å²) in [6.07, 6.45) is 89.2. The van der Waals surface area contributed by atoms with Gasteiger partial charge in [0.25, 0.3) is 6.29 Å². The van der Waals surface area contributed by atoms with Crippen LogP contribution in [0.5, 0.6) is 0 Å². The van der Waals surface area contributed by atoms with Gasteiger partial charge in [-0.05, 0) is 96.3 Å². The zero-order valence-corrected chi connectivity index (χ0v) is 55.7. The minimum Gasteiger partial charge on any atom is -0.477 e. The molecule has 0 aliphatic carbocycles. The molecule has 488 valence electrons. The molecule has 9 heteroatoms. The Balaban J connectivity index is 4.05. The van der Waals surface area contributed by atoms with E-state index < -0.39 is 24.3 Å². The number of carbonyl (C=O) groups is 3. The Morgan fingerprint density at radius 1 is 0.353 bits per heavy atom. The van der Waals surface area contributed by atoms with Gasteiger partial charge in [-0.25, -0.2) is 4.79 Å². The molecule has 0 bridgehead atoms. The summed E-state index contributed by atoms with van der Waals surface area (Å²) >= 11 is 0. The Bertz CT molecular complexity index is 1760. The van der Waals surface area contributed by atoms with Crippen molar-refractivity contribution in [3.8, 4) is 0 Å². The average molecular weight is 1190 g/mol. The van der Waals surface area contributed by atoms with E-state index in [1.165, 1.54) is 161 Å². The Morgan fingerprint density at radius 3 is 0.941 bits per heavy atom. The molecule has 0 saturated carbocycles. The smallest absolute Gasteiger partial charge is 0.361 e. The average Bonchev–Trinajstić information content (AvgIpc) is 3.49. The third-order valence-corrected chi connectivity index (χ3v) is 15.0. The molecule has 0 heterocycles. The van der Waals surface area contributed by atoms with Crippen molar-refractivity contribution < 1.29 is 42.9 Å². The fourth-order valence-electron chi connectivity index (χ4n) is 9.74. The molecular formula is C76H132NO8+. The van der Waals surface area contributed by atoms with Crippen molar-refractivity contribution in [2.75, 3.05) is 47.5 Å². The summed E-state index contributed by atoms with van der Waals surface area (Å²) in [6, 6.07) is 0. The number of quaternary nitrogens is 1. The molecule has 0 aromatic carbocycles. The maximum atomic E-state index is 12.9. The molecule has 0 aliphatic rings. The lowest BCUT2D eigenvalue weighted by molar-refractivity contribution is -0.870. The van der Waals surface area contributed by atoms with Gasteiger partial charge in [-0.1, -0.05) is 297 Å². The number of allylic oxidation sites excluding steroid dienone is 18. The summed E-state index contributed by atoms with van der Waals surface area (Å²) in [5.74, 6) is -2.01. The van der Waals surface area contributed by atoms with Gasteiger partial charge in [0.05, 0.1) is 34.4 Å². The van der Waals surface area contributed by atoms with Crippen LogP contribution in [0.25, 0.3) is 0 Å². The van der Waals surface area contributed by atoms with Crippen LogP contribution in [0.4, 0.5) is 0 Å². The summed E-state index contributed by atoms with van der Waals surface area (Å²) in [5.41, 5.74) is 0. The summed E-state index contributed by atoms with van der Waals surface area (Å²) in [4.78, 5) is 37.6. The minimum atomic E-state index is -1.52. The Labute approximate surface area is 524 Å². The van der Waals surface area contributed by atoms with E-state index in [0.717, 1.165) is 103 Å². The molecular weight excluding hydrogens is 1050 g/mol. The highest BCUT2D eigenvalue weighted by molar-refractivity contribution is 5.71. The molecule has 0 saturated heterocycles. The summed E-state index contributed by atoms with van der Waals surface area (Å²) in [6.45, 7) is 4.66. The maximum Gasteiger partial charge on any atom is 0.361 e. The number of aliphatic carboxylic acids is 1. The molecule has 2 unspecified atom stereocenters. The molecule has 0 aliphatic heterocycles. The van der Waals surface area contributed by atoms with Crippen LogP contribution in [0.15, 0.2) is 109 Å². The molecule has 85 heavy (non-hydrogen) atoms. The number of esters is 2. The number of ether oxygens (including phenoxy) is 4. The van der Waals surface area contributed by atoms with Crippen molar-refractivity contribution in [2.24, 2.45) is 0 Å². The molecule has 9 nitrogen and oxygen atoms in total. The van der Waals surface area contributed by atoms with Crippen LogP contribution in [0.2, 0.25) is 0 Å². The van der Waals surface area contributed by atoms with E-state index in [-0.39, 0.29) is 32.2 Å². The highest BCUT2D eigenvalue weighted by atomic mass is 16.7. The first-order valence-corrected chi connectivity index (χ1v) is 35.1. The largest absolute Gasteiger partial charge is 0.477 e. The lowest BCUT2D eigenvalue weighted by Crippen LogP contribution is -2.40. The first-order chi connectivity index (χ1) is 41.6. The predicted octanol–water partition coefficient (Wildman–Crippen LogP) is 21.8. The highest BCUT2D eigenvalue weighted by Gasteiger charge is 2.25. The number of rotatable bonds is 64. The molecule has 1 N–H and O–H groups in total. The predicted molar refractivity (Wildman–Crippen MR) is 364 cm³/mol. The minimum absolute atomic E-state index is 0.182. The standard InChI is InChI=1S/C76H131NO8/c1-6-8-10-12-14-16-18-20-22-24-26-28-30-31-32-33-34-35-36-37-38-39-40-41-42-43-45-46-48-50-52-54-56-58-60-62-64-66-73(78)83-70-72(71-84-76(75(80)81)82-69-68-77(3,4)5)85-74(79)67-65-63-61-59-57-55-53-51-49-47-44-29-27-25-23-21-19-17-15-13-11-9-7-2/h8-11,14-17,20-23,26-29,47,49,72,76H,6-7,12-13,18-19,24-25,30-46,48,50-71H2,1-5H3/p+1/b10-8-,11-9-,16-14-,17-15-,22-20-,23-21-,28-26-,29-27-,49-47-. The van der Waals surface area contributed by atoms with E-state index in [2.05, 4.69) is 123 Å². The lowest BCUT2D eigenvalue weighted by atomic mass is 10.0. The first kappa shape index (κ1) is 81.0. The SMILES string of the molecule is CC/C=C\C/C=C\C/C=C\C/C=C\C/C=C\CCCCCCCCCC(=O)OC(COC(=O)CCCCCCCCCCCCCCCCCCCCCCCCCC/C=C\C/C=C\C/C=C\C/C=C\CC)COC(OCC[N+](C)(C)C)C(=O)O. The second-order valence-corrected chi connectivity index (χ2v) is 24.4. The van der Waals surface area contributed by atoms with Crippen molar-refractivity contribution in [2.45, 2.75) is 309 Å². The quantitative estimate of drug-likeness (QED) is 0.0211. The van der Waals surface area contributed by atoms with Gasteiger partial charge < -0.3 is 28.5 Å². The van der Waals surface area contributed by atoms with Crippen molar-refractivity contribution in [3.63, 3.8) is 0 Å². The van der Waals surface area contributed by atoms with Crippen LogP contribution in [0.3, 0.4) is 0 Å². The zero-order valence-electron chi connectivity index (χ0n) is 55.7. The van der Waals surface area contributed by atoms with E-state index in [0.29, 0.717) is 23.9 Å². The molecule has 0 rings (SSSR count). The van der Waals surface area contributed by atoms with Gasteiger partial charge in [0.15, 0.2) is 6.10 Å². The van der Waals surface area contributed by atoms with E-state index >= 15 is 0 Å². The Morgan fingerprint density at radius 2 is 0.635 bits per heavy atom. The van der Waals surface area contributed by atoms with Crippen LogP contribution in [-0.4, -0.2) is 87.4 Å². The monoisotopic (exact) mass is 1190 g/mol. The van der Waals surface area contributed by atoms with E-state index in [1.807, 2.05) is 21.1 Å². The number of carbonyl (C=O) groups excluding carboxylic acids is 2. The fraction of sp³-hybridized carbons (Fsp3) is 0.724. The van der Waals surface area contributed by atoms with Gasteiger partial charge >= 0.3 is 17.9 Å². The number of hydrogen-bond acceptors (Lipinski definition) is 7. The third-order valence-electron chi connectivity index (χ3n) is 15.0. The fourth-order valence-corrected chi connectivity index (χ4v) is 9.74. The second kappa shape index (κ2) is 65.9. The van der Waals surface area contributed by atoms with Crippen LogP contribution in [0.1, 0.15) is 296 Å². The zero-order chi connectivity index (χ0) is 61.9. The summed E-state index contributed by atoms with van der Waals surface area (Å²) in [7, 11) is 5.97. The first-order valence-electron chi connectivity index (χ1n) is 35.1. The van der Waals surface area contributed by atoms with Gasteiger partial charge in [0.2, 0.25) is 0 Å². The molecule has 0 radical (unpaired) electrons. The number of likely N-dealkylation sites (N-methyl/N-ethyl adjacent to an activating group) is 1. The van der Waals surface area contributed by atoms with Crippen molar-refractivity contribution >= 4 is 17.9 Å². The van der Waals surface area contributed by atoms with Gasteiger partial charge in [0, 0.05) is 12.8 Å². The highest BCUT2D eigenvalue weighted by Crippen LogP contribution is 2.18. The van der Waals surface area contributed by atoms with Crippen molar-refractivity contribution in [1.29, 1.82) is 0 Å². The Kier molecular flexibility index (Phi) is 62.8. The molecule has 0 aromatic heterocycles. The molecule has 0 spiro atoms. The van der Waals surface area contributed by atoms with Crippen LogP contribution in [0, 0.1) is 0 Å². The van der Waals surface area contributed by atoms with Crippen LogP contribution < -0.4 is 0 Å². The Hall–Kier alpha value is -4.05. The van der Waals surface area contributed by atoms with Crippen molar-refractivity contribution in [1.82, 2.24) is 0 Å². The molecule has 2 atom stereocenters. The van der Waals surface area contributed by atoms with Crippen molar-refractivity contribution in [3.05, 3.63) is 109 Å². The maximum absolute atomic E-state index is 12.9. The number of nitrogens with zero attached hydrogens (tertiary/aromatic N) is 1. The number of hydrogen-bond donors (Lipinski definition) is 1. The van der Waals surface area contributed by atoms with Crippen LogP contribution >= 0.6 is 0 Å². The van der Waals surface area contributed by atoms with Gasteiger partial charge in [0.1, 0.15) is 13.2 Å². The van der Waals surface area contributed by atoms with Crippen LogP contribution in [-0.2, 0) is 33.3 Å². The van der Waals surface area contributed by atoms with E-state index in [4.69, 9.17) is 18.9 Å². The van der Waals surface area contributed by atoms with Gasteiger partial charge in [-0.15, -0.1) is 0 Å². The van der Waals surface area contributed by atoms with E-state index in [1.54, 1.807) is 0 Å². The second-order valence-electron chi connectivity index (χ2n) is 24.4. The topological polar surface area (TPSA) is 108 Å². The normalized spacial score (nSPS) is 13.4. The lowest BCUT2D eigenvalue weighted by Gasteiger charge is -2.25. The molecule has 0 aromatic rings. The van der Waals surface area contributed by atoms with Gasteiger partial charge in [-0.2, -0.15) is 0 Å². The molecule has 0 amide bonds. The number of carboxylic acids is 1.